The van der Waals surface area contributed by atoms with E-state index in [0.717, 1.165) is 24.8 Å². The highest BCUT2D eigenvalue weighted by Crippen LogP contribution is 2.22. The van der Waals surface area contributed by atoms with Crippen LogP contribution >= 0.6 is 0 Å². The van der Waals surface area contributed by atoms with Crippen molar-refractivity contribution in [2.75, 3.05) is 20.3 Å². The summed E-state index contributed by atoms with van der Waals surface area (Å²) in [7, 11) is 1.40. The highest BCUT2D eigenvalue weighted by molar-refractivity contribution is 5.72. The van der Waals surface area contributed by atoms with Gasteiger partial charge in [0.2, 0.25) is 0 Å². The second-order valence-electron chi connectivity index (χ2n) is 6.40. The average Bonchev–Trinajstić information content (AvgIpc) is 2.62. The topological polar surface area (TPSA) is 67.8 Å². The summed E-state index contributed by atoms with van der Waals surface area (Å²) < 4.78 is 10.5. The molecule has 0 aliphatic heterocycles. The molecule has 0 amide bonds. The van der Waals surface area contributed by atoms with Crippen LogP contribution in [0, 0.1) is 11.8 Å². The number of rotatable bonds is 13. The molecule has 5 heteroatoms. The summed E-state index contributed by atoms with van der Waals surface area (Å²) in [6, 6.07) is 10.1. The predicted octanol–water partition coefficient (Wildman–Crippen LogP) is 3.72. The van der Waals surface area contributed by atoms with Gasteiger partial charge in [0.1, 0.15) is 0 Å². The van der Waals surface area contributed by atoms with Crippen LogP contribution < -0.4 is 5.48 Å². The van der Waals surface area contributed by atoms with Crippen molar-refractivity contribution in [3.63, 3.8) is 0 Å². The molecule has 0 saturated carbocycles. The Kier molecular flexibility index (Phi) is 10.8. The van der Waals surface area contributed by atoms with Crippen molar-refractivity contribution in [1.29, 1.82) is 0 Å². The number of benzene rings is 1. The molecule has 1 aromatic rings. The van der Waals surface area contributed by atoms with E-state index in [1.807, 2.05) is 37.3 Å². The average molecular weight is 349 g/mol. The molecule has 0 radical (unpaired) electrons. The number of carbonyl (C=O) groups is 1. The summed E-state index contributed by atoms with van der Waals surface area (Å²) in [6.07, 6.45) is 3.26. The van der Waals surface area contributed by atoms with Crippen LogP contribution in [0.15, 0.2) is 42.5 Å². The third-order valence-corrected chi connectivity index (χ3v) is 4.34. The van der Waals surface area contributed by atoms with E-state index in [4.69, 9.17) is 14.7 Å². The fraction of sp³-hybridized carbons (Fsp3) is 0.550. The lowest BCUT2D eigenvalue weighted by atomic mass is 9.88. The number of esters is 1. The van der Waals surface area contributed by atoms with Crippen molar-refractivity contribution in [3.8, 4) is 0 Å². The first kappa shape index (κ1) is 21.4. The third kappa shape index (κ3) is 8.82. The third-order valence-electron chi connectivity index (χ3n) is 4.34. The van der Waals surface area contributed by atoms with Gasteiger partial charge in [-0.05, 0) is 37.2 Å². The summed E-state index contributed by atoms with van der Waals surface area (Å²) in [5, 5.41) is 8.83. The van der Waals surface area contributed by atoms with Crippen LogP contribution in [0.2, 0.25) is 0 Å². The van der Waals surface area contributed by atoms with Crippen LogP contribution in [-0.2, 0) is 20.9 Å². The van der Waals surface area contributed by atoms with Gasteiger partial charge < -0.3 is 14.7 Å². The molecule has 0 saturated heterocycles. The van der Waals surface area contributed by atoms with Gasteiger partial charge in [0.15, 0.2) is 0 Å². The highest BCUT2D eigenvalue weighted by atomic mass is 16.5. The van der Waals surface area contributed by atoms with E-state index >= 15 is 0 Å². The van der Waals surface area contributed by atoms with E-state index in [1.165, 1.54) is 12.7 Å². The molecular weight excluding hydrogens is 318 g/mol. The molecule has 0 spiro atoms. The number of allylic oxidation sites excluding steroid dienone is 1. The zero-order valence-corrected chi connectivity index (χ0v) is 15.4. The first-order valence-corrected chi connectivity index (χ1v) is 8.81. The fourth-order valence-electron chi connectivity index (χ4n) is 2.75. The number of nitrogens with one attached hydrogen (secondary N) is 1. The summed E-state index contributed by atoms with van der Waals surface area (Å²) >= 11 is 0. The fourth-order valence-corrected chi connectivity index (χ4v) is 2.75. The maximum absolute atomic E-state index is 11.9. The molecule has 2 atom stereocenters. The molecule has 0 aliphatic carbocycles. The number of hydrogen-bond acceptors (Lipinski definition) is 5. The van der Waals surface area contributed by atoms with Crippen molar-refractivity contribution < 1.29 is 19.5 Å². The smallest absolute Gasteiger partial charge is 0.308 e. The van der Waals surface area contributed by atoms with Gasteiger partial charge in [0.25, 0.3) is 0 Å². The Morgan fingerprint density at radius 1 is 1.28 bits per heavy atom. The predicted molar refractivity (Wildman–Crippen MR) is 98.2 cm³/mol. The van der Waals surface area contributed by atoms with Gasteiger partial charge in [-0.1, -0.05) is 49.4 Å². The van der Waals surface area contributed by atoms with Crippen molar-refractivity contribution in [1.82, 2.24) is 5.48 Å². The quantitative estimate of drug-likeness (QED) is 0.246. The van der Waals surface area contributed by atoms with E-state index in [1.54, 1.807) is 0 Å². The SMILES string of the molecule is C=C(CCCOCc1ccccc1)CCC(C(=O)OC)C(C)CNO. The summed E-state index contributed by atoms with van der Waals surface area (Å²) in [6.45, 7) is 7.70. The minimum absolute atomic E-state index is 0.000504. The van der Waals surface area contributed by atoms with Crippen LogP contribution in [-0.4, -0.2) is 31.4 Å². The molecule has 140 valence electrons. The van der Waals surface area contributed by atoms with E-state index in [0.29, 0.717) is 26.2 Å². The highest BCUT2D eigenvalue weighted by Gasteiger charge is 2.25. The van der Waals surface area contributed by atoms with Crippen LogP contribution in [0.3, 0.4) is 0 Å². The number of hydroxylamine groups is 1. The first-order chi connectivity index (χ1) is 12.1. The van der Waals surface area contributed by atoms with E-state index < -0.39 is 0 Å². The molecule has 1 aromatic carbocycles. The Morgan fingerprint density at radius 3 is 2.64 bits per heavy atom. The normalized spacial score (nSPS) is 13.2. The number of hydrogen-bond donors (Lipinski definition) is 2. The Hall–Kier alpha value is -1.69. The Labute approximate surface area is 151 Å². The van der Waals surface area contributed by atoms with E-state index in [2.05, 4.69) is 12.1 Å². The van der Waals surface area contributed by atoms with Crippen molar-refractivity contribution in [2.24, 2.45) is 11.8 Å². The lowest BCUT2D eigenvalue weighted by molar-refractivity contribution is -0.147. The Morgan fingerprint density at radius 2 is 2.00 bits per heavy atom. The molecule has 0 aliphatic rings. The molecule has 0 aromatic heterocycles. The largest absolute Gasteiger partial charge is 0.469 e. The summed E-state index contributed by atoms with van der Waals surface area (Å²) in [5.41, 5.74) is 4.42. The van der Waals surface area contributed by atoms with Gasteiger partial charge in [0, 0.05) is 13.2 Å². The second kappa shape index (κ2) is 12.6. The van der Waals surface area contributed by atoms with Gasteiger partial charge in [-0.15, -0.1) is 0 Å². The van der Waals surface area contributed by atoms with Gasteiger partial charge in [-0.3, -0.25) is 4.79 Å². The molecule has 1 rings (SSSR count). The summed E-state index contributed by atoms with van der Waals surface area (Å²) in [5.74, 6) is -0.475. The van der Waals surface area contributed by atoms with E-state index in [-0.39, 0.29) is 17.8 Å². The standard InChI is InChI=1S/C20H31NO4/c1-16(8-7-13-25-15-18-9-5-4-6-10-18)11-12-19(20(22)24-3)17(2)14-21-23/h4-6,9-10,17,19,21,23H,1,7-8,11-15H2,2-3H3. The molecule has 0 bridgehead atoms. The Balaban J connectivity index is 2.22. The molecule has 0 heterocycles. The van der Waals surface area contributed by atoms with Gasteiger partial charge >= 0.3 is 5.97 Å². The minimum atomic E-state index is -0.240. The lowest BCUT2D eigenvalue weighted by Gasteiger charge is -2.21. The van der Waals surface area contributed by atoms with Crippen LogP contribution in [0.1, 0.15) is 38.2 Å². The second-order valence-corrected chi connectivity index (χ2v) is 6.40. The van der Waals surface area contributed by atoms with Crippen LogP contribution in [0.4, 0.5) is 0 Å². The molecule has 25 heavy (non-hydrogen) atoms. The molecule has 2 N–H and O–H groups in total. The molecule has 5 nitrogen and oxygen atoms in total. The van der Waals surface area contributed by atoms with Crippen molar-refractivity contribution in [2.45, 2.75) is 39.2 Å². The van der Waals surface area contributed by atoms with Crippen LogP contribution in [0.5, 0.6) is 0 Å². The lowest BCUT2D eigenvalue weighted by Crippen LogP contribution is -2.30. The van der Waals surface area contributed by atoms with Gasteiger partial charge in [0.05, 0.1) is 19.6 Å². The van der Waals surface area contributed by atoms with Crippen LogP contribution in [0.25, 0.3) is 0 Å². The number of carbonyl (C=O) groups excluding carboxylic acids is 1. The monoisotopic (exact) mass is 349 g/mol. The zero-order valence-electron chi connectivity index (χ0n) is 15.4. The first-order valence-electron chi connectivity index (χ1n) is 8.81. The Bertz CT molecular complexity index is 504. The summed E-state index contributed by atoms with van der Waals surface area (Å²) in [4.78, 5) is 11.9. The maximum Gasteiger partial charge on any atom is 0.308 e. The maximum atomic E-state index is 11.9. The van der Waals surface area contributed by atoms with Crippen molar-refractivity contribution >= 4 is 5.97 Å². The van der Waals surface area contributed by atoms with Gasteiger partial charge in [-0.25, -0.2) is 5.48 Å². The van der Waals surface area contributed by atoms with E-state index in [9.17, 15) is 4.79 Å². The molecular formula is C20H31NO4. The zero-order chi connectivity index (χ0) is 18.5. The van der Waals surface area contributed by atoms with Crippen molar-refractivity contribution in [3.05, 3.63) is 48.0 Å². The van der Waals surface area contributed by atoms with Gasteiger partial charge in [-0.2, -0.15) is 0 Å². The minimum Gasteiger partial charge on any atom is -0.469 e. The molecule has 0 fully saturated rings. The molecule has 2 unspecified atom stereocenters. The number of methoxy groups -OCH3 is 1. The number of ether oxygens (including phenoxy) is 2.